The SMILES string of the molecule is CC(=O)NCc1cccc([C@H]2CN(C)C[C@@H]2C(=O)NCCOc2ccc(C)c(C)c2)c1. The quantitative estimate of drug-likeness (QED) is 0.641. The Morgan fingerprint density at radius 1 is 1.06 bits per heavy atom. The minimum absolute atomic E-state index is 0.0497. The second kappa shape index (κ2) is 10.4. The van der Waals surface area contributed by atoms with Gasteiger partial charge in [-0.2, -0.15) is 0 Å². The fourth-order valence-corrected chi connectivity index (χ4v) is 4.04. The largest absolute Gasteiger partial charge is 0.492 e. The van der Waals surface area contributed by atoms with E-state index < -0.39 is 0 Å². The lowest BCUT2D eigenvalue weighted by molar-refractivity contribution is -0.125. The van der Waals surface area contributed by atoms with Crippen molar-refractivity contribution in [3.05, 3.63) is 64.7 Å². The first kappa shape index (κ1) is 22.8. The van der Waals surface area contributed by atoms with E-state index in [-0.39, 0.29) is 23.7 Å². The van der Waals surface area contributed by atoms with Crippen molar-refractivity contribution in [1.29, 1.82) is 0 Å². The summed E-state index contributed by atoms with van der Waals surface area (Å²) in [6, 6.07) is 14.2. The maximum absolute atomic E-state index is 12.9. The first-order valence-electron chi connectivity index (χ1n) is 10.8. The average Bonchev–Trinajstić information content (AvgIpc) is 3.14. The van der Waals surface area contributed by atoms with Gasteiger partial charge in [0.2, 0.25) is 11.8 Å². The minimum Gasteiger partial charge on any atom is -0.492 e. The lowest BCUT2D eigenvalue weighted by atomic mass is 9.87. The number of hydrogen-bond acceptors (Lipinski definition) is 4. The molecule has 1 aliphatic heterocycles. The van der Waals surface area contributed by atoms with Gasteiger partial charge in [0.05, 0.1) is 12.5 Å². The van der Waals surface area contributed by atoms with Crippen LogP contribution in [0.25, 0.3) is 0 Å². The van der Waals surface area contributed by atoms with E-state index in [9.17, 15) is 9.59 Å². The Morgan fingerprint density at radius 2 is 1.87 bits per heavy atom. The zero-order valence-electron chi connectivity index (χ0n) is 18.9. The molecule has 1 aliphatic rings. The van der Waals surface area contributed by atoms with Gasteiger partial charge in [0.15, 0.2) is 0 Å². The predicted molar refractivity (Wildman–Crippen MR) is 122 cm³/mol. The third kappa shape index (κ3) is 6.31. The number of carbonyl (C=O) groups is 2. The number of likely N-dealkylation sites (N-methyl/N-ethyl adjacent to an activating group) is 1. The van der Waals surface area contributed by atoms with Crippen LogP contribution >= 0.6 is 0 Å². The van der Waals surface area contributed by atoms with Crippen molar-refractivity contribution in [1.82, 2.24) is 15.5 Å². The molecule has 1 fully saturated rings. The van der Waals surface area contributed by atoms with Crippen LogP contribution < -0.4 is 15.4 Å². The number of likely N-dealkylation sites (tertiary alicyclic amines) is 1. The van der Waals surface area contributed by atoms with Crippen molar-refractivity contribution < 1.29 is 14.3 Å². The van der Waals surface area contributed by atoms with Crippen LogP contribution in [0, 0.1) is 19.8 Å². The number of nitrogens with one attached hydrogen (secondary N) is 2. The Bertz CT molecular complexity index is 928. The molecule has 2 aromatic rings. The molecule has 0 saturated carbocycles. The standard InChI is InChI=1S/C25H33N3O3/c1-17-8-9-22(12-18(17)2)31-11-10-26-25(30)24-16-28(4)15-23(24)21-7-5-6-20(13-21)14-27-19(3)29/h5-9,12-13,23-24H,10-11,14-16H2,1-4H3,(H,26,30)(H,27,29)/t23-,24+/m1/s1. The zero-order valence-corrected chi connectivity index (χ0v) is 18.9. The Balaban J connectivity index is 1.56. The fourth-order valence-electron chi connectivity index (χ4n) is 4.04. The van der Waals surface area contributed by atoms with Crippen LogP contribution in [-0.2, 0) is 16.1 Å². The Labute approximate surface area is 185 Å². The second-order valence-electron chi connectivity index (χ2n) is 8.47. The van der Waals surface area contributed by atoms with Gasteiger partial charge in [-0.3, -0.25) is 9.59 Å². The molecule has 166 valence electrons. The van der Waals surface area contributed by atoms with Crippen LogP contribution in [0.3, 0.4) is 0 Å². The van der Waals surface area contributed by atoms with Gasteiger partial charge in [0.25, 0.3) is 0 Å². The van der Waals surface area contributed by atoms with Crippen molar-refractivity contribution in [2.45, 2.75) is 33.2 Å². The van der Waals surface area contributed by atoms with Gasteiger partial charge in [-0.15, -0.1) is 0 Å². The molecule has 0 spiro atoms. The number of nitrogens with zero attached hydrogens (tertiary/aromatic N) is 1. The lowest BCUT2D eigenvalue weighted by Crippen LogP contribution is -2.36. The molecule has 0 aromatic heterocycles. The van der Waals surface area contributed by atoms with Crippen molar-refractivity contribution in [2.75, 3.05) is 33.3 Å². The summed E-state index contributed by atoms with van der Waals surface area (Å²) >= 11 is 0. The minimum atomic E-state index is -0.109. The van der Waals surface area contributed by atoms with E-state index in [0.29, 0.717) is 19.7 Å². The van der Waals surface area contributed by atoms with E-state index in [0.717, 1.165) is 30.0 Å². The number of amides is 2. The molecule has 6 nitrogen and oxygen atoms in total. The number of aryl methyl sites for hydroxylation is 2. The highest BCUT2D eigenvalue weighted by molar-refractivity contribution is 5.80. The van der Waals surface area contributed by atoms with Gasteiger partial charge in [0, 0.05) is 32.5 Å². The molecular weight excluding hydrogens is 390 g/mol. The summed E-state index contributed by atoms with van der Waals surface area (Å²) in [6.07, 6.45) is 0. The van der Waals surface area contributed by atoms with Crippen LogP contribution in [0.2, 0.25) is 0 Å². The Hall–Kier alpha value is -2.86. The van der Waals surface area contributed by atoms with Crippen molar-refractivity contribution in [2.24, 2.45) is 5.92 Å². The third-order valence-corrected chi connectivity index (χ3v) is 5.91. The first-order chi connectivity index (χ1) is 14.8. The molecule has 1 saturated heterocycles. The molecule has 2 atom stereocenters. The molecule has 2 aromatic carbocycles. The zero-order chi connectivity index (χ0) is 22.4. The summed E-state index contributed by atoms with van der Waals surface area (Å²) in [5, 5.41) is 5.88. The summed E-state index contributed by atoms with van der Waals surface area (Å²) in [5.74, 6) is 0.856. The molecule has 31 heavy (non-hydrogen) atoms. The highest BCUT2D eigenvalue weighted by atomic mass is 16.5. The van der Waals surface area contributed by atoms with Gasteiger partial charge >= 0.3 is 0 Å². The second-order valence-corrected chi connectivity index (χ2v) is 8.47. The molecule has 2 amide bonds. The van der Waals surface area contributed by atoms with Crippen LogP contribution in [0.5, 0.6) is 5.75 Å². The Morgan fingerprint density at radius 3 is 2.61 bits per heavy atom. The molecule has 3 rings (SSSR count). The number of rotatable bonds is 8. The maximum Gasteiger partial charge on any atom is 0.225 e. The molecule has 0 bridgehead atoms. The summed E-state index contributed by atoms with van der Waals surface area (Å²) in [6.45, 7) is 8.62. The number of benzene rings is 2. The number of hydrogen-bond donors (Lipinski definition) is 2. The third-order valence-electron chi connectivity index (χ3n) is 5.91. The van der Waals surface area contributed by atoms with E-state index in [1.807, 2.05) is 37.4 Å². The monoisotopic (exact) mass is 423 g/mol. The van der Waals surface area contributed by atoms with Crippen molar-refractivity contribution in [3.8, 4) is 5.75 Å². The summed E-state index contributed by atoms with van der Waals surface area (Å²) in [4.78, 5) is 26.3. The summed E-state index contributed by atoms with van der Waals surface area (Å²) < 4.78 is 5.79. The molecule has 1 heterocycles. The number of carbonyl (C=O) groups excluding carboxylic acids is 2. The molecule has 0 radical (unpaired) electrons. The number of ether oxygens (including phenoxy) is 1. The molecule has 2 N–H and O–H groups in total. The van der Waals surface area contributed by atoms with Crippen molar-refractivity contribution >= 4 is 11.8 Å². The topological polar surface area (TPSA) is 70.7 Å². The van der Waals surface area contributed by atoms with Crippen LogP contribution in [-0.4, -0.2) is 50.0 Å². The Kier molecular flexibility index (Phi) is 7.69. The van der Waals surface area contributed by atoms with Gasteiger partial charge in [0.1, 0.15) is 12.4 Å². The van der Waals surface area contributed by atoms with Gasteiger partial charge in [-0.1, -0.05) is 30.3 Å². The molecule has 6 heteroatoms. The maximum atomic E-state index is 12.9. The van der Waals surface area contributed by atoms with Gasteiger partial charge in [-0.25, -0.2) is 0 Å². The van der Waals surface area contributed by atoms with Crippen LogP contribution in [0.15, 0.2) is 42.5 Å². The van der Waals surface area contributed by atoms with E-state index in [1.165, 1.54) is 18.1 Å². The molecular formula is C25H33N3O3. The summed E-state index contributed by atoms with van der Waals surface area (Å²) in [5.41, 5.74) is 4.61. The van der Waals surface area contributed by atoms with Crippen LogP contribution in [0.1, 0.15) is 35.1 Å². The van der Waals surface area contributed by atoms with E-state index in [4.69, 9.17) is 4.74 Å². The highest BCUT2D eigenvalue weighted by Gasteiger charge is 2.36. The molecule has 0 aliphatic carbocycles. The van der Waals surface area contributed by atoms with Crippen molar-refractivity contribution in [3.63, 3.8) is 0 Å². The molecule has 0 unspecified atom stereocenters. The van der Waals surface area contributed by atoms with E-state index >= 15 is 0 Å². The van der Waals surface area contributed by atoms with E-state index in [2.05, 4.69) is 41.5 Å². The summed E-state index contributed by atoms with van der Waals surface area (Å²) in [7, 11) is 2.05. The lowest BCUT2D eigenvalue weighted by Gasteiger charge is -2.19. The average molecular weight is 424 g/mol. The smallest absolute Gasteiger partial charge is 0.225 e. The fraction of sp³-hybridized carbons (Fsp3) is 0.440. The normalized spacial score (nSPS) is 18.6. The predicted octanol–water partition coefficient (Wildman–Crippen LogP) is 2.78. The highest BCUT2D eigenvalue weighted by Crippen LogP contribution is 2.32. The van der Waals surface area contributed by atoms with Gasteiger partial charge in [-0.05, 0) is 55.3 Å². The van der Waals surface area contributed by atoms with E-state index in [1.54, 1.807) is 0 Å². The van der Waals surface area contributed by atoms with Gasteiger partial charge < -0.3 is 20.3 Å². The van der Waals surface area contributed by atoms with Crippen LogP contribution in [0.4, 0.5) is 0 Å². The first-order valence-corrected chi connectivity index (χ1v) is 10.8.